The summed E-state index contributed by atoms with van der Waals surface area (Å²) in [5.74, 6) is 0.568. The van der Waals surface area contributed by atoms with E-state index >= 15 is 0 Å². The molecule has 1 aliphatic heterocycles. The fraction of sp³-hybridized carbons (Fsp3) is 0.900. The lowest BCUT2D eigenvalue weighted by atomic mass is 9.98. The molecular formula is C10H19NO3. The minimum Gasteiger partial charge on any atom is -0.396 e. The summed E-state index contributed by atoms with van der Waals surface area (Å²) in [5, 5.41) is 8.94. The van der Waals surface area contributed by atoms with Gasteiger partial charge < -0.3 is 9.84 Å². The van der Waals surface area contributed by atoms with Gasteiger partial charge in [-0.2, -0.15) is 0 Å². The zero-order valence-electron chi connectivity index (χ0n) is 8.74. The smallest absolute Gasteiger partial charge is 0.172 e. The van der Waals surface area contributed by atoms with Gasteiger partial charge in [-0.15, -0.1) is 0 Å². The Bertz CT molecular complexity index is 176. The standard InChI is InChI=1S/C10H19NO3/c1-14-8-10(13)6-11-4-2-9(7-12)3-5-11/h9,12H,2-8H2,1H3. The van der Waals surface area contributed by atoms with Crippen molar-refractivity contribution in [3.63, 3.8) is 0 Å². The molecule has 0 amide bonds. The number of hydrogen-bond donors (Lipinski definition) is 1. The number of Topliss-reactive ketones (excluding diaryl/α,β-unsaturated/α-hetero) is 1. The van der Waals surface area contributed by atoms with Gasteiger partial charge in [0.1, 0.15) is 6.61 Å². The molecule has 14 heavy (non-hydrogen) atoms. The number of ether oxygens (including phenoxy) is 1. The second-order valence-corrected chi connectivity index (χ2v) is 3.87. The van der Waals surface area contributed by atoms with Crippen LogP contribution in [0.1, 0.15) is 12.8 Å². The Morgan fingerprint density at radius 2 is 2.14 bits per heavy atom. The molecule has 1 saturated heterocycles. The van der Waals surface area contributed by atoms with Crippen molar-refractivity contribution in [2.24, 2.45) is 5.92 Å². The number of likely N-dealkylation sites (tertiary alicyclic amines) is 1. The molecule has 1 aliphatic rings. The van der Waals surface area contributed by atoms with Crippen LogP contribution < -0.4 is 0 Å². The first-order valence-electron chi connectivity index (χ1n) is 5.10. The average molecular weight is 201 g/mol. The molecule has 0 aliphatic carbocycles. The van der Waals surface area contributed by atoms with Gasteiger partial charge in [0.25, 0.3) is 0 Å². The molecule has 82 valence electrons. The molecule has 1 heterocycles. The molecule has 4 heteroatoms. The molecule has 4 nitrogen and oxygen atoms in total. The van der Waals surface area contributed by atoms with Gasteiger partial charge in [-0.3, -0.25) is 9.69 Å². The lowest BCUT2D eigenvalue weighted by Crippen LogP contribution is -2.39. The highest BCUT2D eigenvalue weighted by Gasteiger charge is 2.19. The molecule has 0 aromatic carbocycles. The maximum absolute atomic E-state index is 11.2. The first-order valence-corrected chi connectivity index (χ1v) is 5.10. The SMILES string of the molecule is COCC(=O)CN1CCC(CO)CC1. The van der Waals surface area contributed by atoms with E-state index in [1.54, 1.807) is 0 Å². The highest BCUT2D eigenvalue weighted by molar-refractivity contribution is 5.81. The fourth-order valence-electron chi connectivity index (χ4n) is 1.78. The summed E-state index contributed by atoms with van der Waals surface area (Å²) < 4.78 is 4.77. The van der Waals surface area contributed by atoms with Gasteiger partial charge in [-0.1, -0.05) is 0 Å². The largest absolute Gasteiger partial charge is 0.396 e. The van der Waals surface area contributed by atoms with Gasteiger partial charge in [0, 0.05) is 13.7 Å². The first-order chi connectivity index (χ1) is 6.76. The first kappa shape index (κ1) is 11.6. The summed E-state index contributed by atoms with van der Waals surface area (Å²) in [6, 6.07) is 0. The molecule has 0 spiro atoms. The molecule has 1 rings (SSSR count). The van der Waals surface area contributed by atoms with Crippen LogP contribution in [0.25, 0.3) is 0 Å². The highest BCUT2D eigenvalue weighted by Crippen LogP contribution is 2.15. The van der Waals surface area contributed by atoms with E-state index in [1.165, 1.54) is 7.11 Å². The van der Waals surface area contributed by atoms with Gasteiger partial charge in [0.05, 0.1) is 6.54 Å². The predicted octanol–water partition coefficient (Wildman–Crippen LogP) is -0.0938. The monoisotopic (exact) mass is 201 g/mol. The van der Waals surface area contributed by atoms with Crippen molar-refractivity contribution in [1.29, 1.82) is 0 Å². The second kappa shape index (κ2) is 6.11. The minimum atomic E-state index is 0.134. The molecule has 0 radical (unpaired) electrons. The van der Waals surface area contributed by atoms with Crippen LogP contribution in [0.2, 0.25) is 0 Å². The van der Waals surface area contributed by atoms with Crippen LogP contribution in [0.4, 0.5) is 0 Å². The summed E-state index contributed by atoms with van der Waals surface area (Å²) in [5.41, 5.74) is 0. The lowest BCUT2D eigenvalue weighted by Gasteiger charge is -2.30. The summed E-state index contributed by atoms with van der Waals surface area (Å²) in [6.45, 7) is 2.81. The molecule has 0 atom stereocenters. The van der Waals surface area contributed by atoms with Crippen LogP contribution in [0.3, 0.4) is 0 Å². The number of carbonyl (C=O) groups is 1. The number of carbonyl (C=O) groups excluding carboxylic acids is 1. The zero-order valence-corrected chi connectivity index (χ0v) is 8.74. The number of ketones is 1. The third-order valence-corrected chi connectivity index (χ3v) is 2.67. The molecule has 0 saturated carbocycles. The average Bonchev–Trinajstić information content (AvgIpc) is 2.19. The molecule has 0 bridgehead atoms. The highest BCUT2D eigenvalue weighted by atomic mass is 16.5. The van der Waals surface area contributed by atoms with Crippen LogP contribution in [-0.4, -0.2) is 55.7 Å². The Morgan fingerprint density at radius 3 is 2.64 bits per heavy atom. The van der Waals surface area contributed by atoms with E-state index in [4.69, 9.17) is 9.84 Å². The zero-order chi connectivity index (χ0) is 10.4. The van der Waals surface area contributed by atoms with E-state index in [0.717, 1.165) is 25.9 Å². The van der Waals surface area contributed by atoms with Gasteiger partial charge in [-0.05, 0) is 31.8 Å². The molecule has 1 fully saturated rings. The van der Waals surface area contributed by atoms with E-state index in [9.17, 15) is 4.79 Å². The van der Waals surface area contributed by atoms with Gasteiger partial charge in [0.15, 0.2) is 5.78 Å². The fourth-order valence-corrected chi connectivity index (χ4v) is 1.78. The van der Waals surface area contributed by atoms with Crippen LogP contribution in [-0.2, 0) is 9.53 Å². The van der Waals surface area contributed by atoms with E-state index in [2.05, 4.69) is 4.90 Å². The number of aliphatic hydroxyl groups excluding tert-OH is 1. The Balaban J connectivity index is 2.18. The van der Waals surface area contributed by atoms with Crippen LogP contribution in [0.15, 0.2) is 0 Å². The molecule has 0 aromatic heterocycles. The molecule has 1 N–H and O–H groups in total. The Labute approximate surface area is 84.8 Å². The number of methoxy groups -OCH3 is 1. The van der Waals surface area contributed by atoms with E-state index in [1.807, 2.05) is 0 Å². The number of aliphatic hydroxyl groups is 1. The van der Waals surface area contributed by atoms with Gasteiger partial charge >= 0.3 is 0 Å². The lowest BCUT2D eigenvalue weighted by molar-refractivity contribution is -0.124. The van der Waals surface area contributed by atoms with E-state index in [0.29, 0.717) is 12.5 Å². The summed E-state index contributed by atoms with van der Waals surface area (Å²) >= 11 is 0. The van der Waals surface area contributed by atoms with Crippen LogP contribution in [0.5, 0.6) is 0 Å². The van der Waals surface area contributed by atoms with Crippen LogP contribution in [0, 0.1) is 5.92 Å². The van der Waals surface area contributed by atoms with Gasteiger partial charge in [0.2, 0.25) is 0 Å². The van der Waals surface area contributed by atoms with Crippen molar-refractivity contribution < 1.29 is 14.6 Å². The van der Waals surface area contributed by atoms with Crippen molar-refractivity contribution in [2.45, 2.75) is 12.8 Å². The third-order valence-electron chi connectivity index (χ3n) is 2.67. The molecule has 0 unspecified atom stereocenters. The Hall–Kier alpha value is -0.450. The van der Waals surface area contributed by atoms with Crippen molar-refractivity contribution >= 4 is 5.78 Å². The van der Waals surface area contributed by atoms with Crippen molar-refractivity contribution in [2.75, 3.05) is 40.0 Å². The van der Waals surface area contributed by atoms with Crippen LogP contribution >= 0.6 is 0 Å². The Kier molecular flexibility index (Phi) is 5.07. The quantitative estimate of drug-likeness (QED) is 0.675. The van der Waals surface area contributed by atoms with E-state index in [-0.39, 0.29) is 19.0 Å². The normalized spacial score (nSPS) is 19.9. The molecular weight excluding hydrogens is 182 g/mol. The maximum Gasteiger partial charge on any atom is 0.172 e. The van der Waals surface area contributed by atoms with Crippen molar-refractivity contribution in [3.05, 3.63) is 0 Å². The van der Waals surface area contributed by atoms with Gasteiger partial charge in [-0.25, -0.2) is 0 Å². The van der Waals surface area contributed by atoms with Crippen molar-refractivity contribution in [3.8, 4) is 0 Å². The second-order valence-electron chi connectivity index (χ2n) is 3.87. The predicted molar refractivity (Wildman–Crippen MR) is 53.1 cm³/mol. The van der Waals surface area contributed by atoms with E-state index < -0.39 is 0 Å². The number of nitrogens with zero attached hydrogens (tertiary/aromatic N) is 1. The summed E-state index contributed by atoms with van der Waals surface area (Å²) in [7, 11) is 1.54. The summed E-state index contributed by atoms with van der Waals surface area (Å²) in [4.78, 5) is 13.4. The van der Waals surface area contributed by atoms with Crippen molar-refractivity contribution in [1.82, 2.24) is 4.90 Å². The summed E-state index contributed by atoms with van der Waals surface area (Å²) in [6.07, 6.45) is 1.99. The number of piperidine rings is 1. The number of hydrogen-bond acceptors (Lipinski definition) is 4. The Morgan fingerprint density at radius 1 is 1.50 bits per heavy atom. The molecule has 0 aromatic rings. The minimum absolute atomic E-state index is 0.134. The number of rotatable bonds is 5. The topological polar surface area (TPSA) is 49.8 Å². The maximum atomic E-state index is 11.2. The third kappa shape index (κ3) is 3.74.